The first kappa shape index (κ1) is 19.4. The highest BCUT2D eigenvalue weighted by atomic mass is 16.5. The van der Waals surface area contributed by atoms with Crippen LogP contribution >= 0.6 is 0 Å². The summed E-state index contributed by atoms with van der Waals surface area (Å²) >= 11 is 0. The molecule has 7 nitrogen and oxygen atoms in total. The fourth-order valence-corrected chi connectivity index (χ4v) is 3.55. The van der Waals surface area contributed by atoms with E-state index in [1.165, 1.54) is 7.11 Å². The predicted octanol–water partition coefficient (Wildman–Crippen LogP) is 3.74. The van der Waals surface area contributed by atoms with E-state index in [9.17, 15) is 9.59 Å². The molecule has 4 rings (SSSR count). The number of ketones is 1. The maximum Gasteiger partial charge on any atom is 0.189 e. The maximum atomic E-state index is 12.8. The number of benzene rings is 2. The summed E-state index contributed by atoms with van der Waals surface area (Å²) in [5, 5.41) is 7.31. The summed E-state index contributed by atoms with van der Waals surface area (Å²) in [6.45, 7) is 0. The van der Waals surface area contributed by atoms with E-state index >= 15 is 0 Å². The number of ether oxygens (including phenoxy) is 3. The van der Waals surface area contributed by atoms with Gasteiger partial charge in [0.15, 0.2) is 12.1 Å². The molecule has 0 unspecified atom stereocenters. The number of hydrogen-bond acceptors (Lipinski definition) is 6. The van der Waals surface area contributed by atoms with Crippen LogP contribution in [0.3, 0.4) is 0 Å². The van der Waals surface area contributed by atoms with Gasteiger partial charge in [0.25, 0.3) is 0 Å². The number of aromatic nitrogens is 2. The molecule has 0 spiro atoms. The van der Waals surface area contributed by atoms with Gasteiger partial charge in [-0.2, -0.15) is 5.10 Å². The maximum absolute atomic E-state index is 12.8. The standard InChI is InChI=1S/C23H20N2O5/c1-28-18-7-14(8-19(10-18)29-2)21-9-17(24-25-21)6-15-4-13-5-16(12-26)22(30-3)11-20(13)23(15)27/h5-12H,4H2,1-3H3,(H,24,25)/b15-6+. The van der Waals surface area contributed by atoms with Crippen LogP contribution in [-0.4, -0.2) is 43.6 Å². The summed E-state index contributed by atoms with van der Waals surface area (Å²) in [6, 6.07) is 10.7. The molecule has 30 heavy (non-hydrogen) atoms. The molecule has 0 bridgehead atoms. The normalized spacial score (nSPS) is 14.0. The van der Waals surface area contributed by atoms with E-state index in [0.717, 1.165) is 17.4 Å². The van der Waals surface area contributed by atoms with Gasteiger partial charge in [0.1, 0.15) is 17.2 Å². The van der Waals surface area contributed by atoms with Crippen molar-refractivity contribution < 1.29 is 23.8 Å². The second-order valence-corrected chi connectivity index (χ2v) is 6.85. The van der Waals surface area contributed by atoms with Gasteiger partial charge >= 0.3 is 0 Å². The lowest BCUT2D eigenvalue weighted by atomic mass is 10.1. The quantitative estimate of drug-likeness (QED) is 0.497. The lowest BCUT2D eigenvalue weighted by Crippen LogP contribution is -1.98. The fourth-order valence-electron chi connectivity index (χ4n) is 3.55. The Morgan fingerprint density at radius 3 is 2.33 bits per heavy atom. The Labute approximate surface area is 173 Å². The van der Waals surface area contributed by atoms with E-state index in [-0.39, 0.29) is 5.78 Å². The van der Waals surface area contributed by atoms with Crippen molar-refractivity contribution in [3.05, 3.63) is 64.4 Å². The van der Waals surface area contributed by atoms with Crippen molar-refractivity contribution >= 4 is 18.1 Å². The molecule has 0 fully saturated rings. The summed E-state index contributed by atoms with van der Waals surface area (Å²) in [6.07, 6.45) is 2.96. The van der Waals surface area contributed by atoms with Gasteiger partial charge in [-0.15, -0.1) is 0 Å². The largest absolute Gasteiger partial charge is 0.497 e. The predicted molar refractivity (Wildman–Crippen MR) is 112 cm³/mol. The van der Waals surface area contributed by atoms with Crippen molar-refractivity contribution in [3.8, 4) is 28.5 Å². The lowest BCUT2D eigenvalue weighted by molar-refractivity contribution is 0.103. The van der Waals surface area contributed by atoms with E-state index in [4.69, 9.17) is 14.2 Å². The minimum Gasteiger partial charge on any atom is -0.497 e. The fraction of sp³-hybridized carbons (Fsp3) is 0.174. The van der Waals surface area contributed by atoms with Gasteiger partial charge in [-0.05, 0) is 42.0 Å². The third kappa shape index (κ3) is 3.45. The van der Waals surface area contributed by atoms with Crippen LogP contribution in [0.2, 0.25) is 0 Å². The number of methoxy groups -OCH3 is 3. The van der Waals surface area contributed by atoms with Crippen LogP contribution in [-0.2, 0) is 6.42 Å². The minimum atomic E-state index is -0.0834. The molecule has 0 atom stereocenters. The van der Waals surface area contributed by atoms with Crippen molar-refractivity contribution in [1.82, 2.24) is 10.2 Å². The lowest BCUT2D eigenvalue weighted by Gasteiger charge is -2.06. The highest BCUT2D eigenvalue weighted by Gasteiger charge is 2.27. The Balaban J connectivity index is 1.65. The number of Topliss-reactive ketones (excluding diaryl/α,β-unsaturated/α-hetero) is 1. The number of aromatic amines is 1. The van der Waals surface area contributed by atoms with Gasteiger partial charge in [0, 0.05) is 29.2 Å². The zero-order valence-corrected chi connectivity index (χ0v) is 16.8. The van der Waals surface area contributed by atoms with Gasteiger partial charge in [0.2, 0.25) is 0 Å². The van der Waals surface area contributed by atoms with E-state index in [0.29, 0.717) is 51.8 Å². The van der Waals surface area contributed by atoms with Crippen molar-refractivity contribution in [3.63, 3.8) is 0 Å². The number of nitrogens with zero attached hydrogens (tertiary/aromatic N) is 1. The van der Waals surface area contributed by atoms with Gasteiger partial charge < -0.3 is 14.2 Å². The highest BCUT2D eigenvalue weighted by molar-refractivity contribution is 6.16. The monoisotopic (exact) mass is 404 g/mol. The number of aldehydes is 1. The molecule has 7 heteroatoms. The molecule has 1 aliphatic rings. The Hall–Kier alpha value is -3.87. The van der Waals surface area contributed by atoms with Crippen LogP contribution in [0.25, 0.3) is 17.3 Å². The van der Waals surface area contributed by atoms with E-state index in [1.807, 2.05) is 18.2 Å². The van der Waals surface area contributed by atoms with Crippen molar-refractivity contribution in [2.45, 2.75) is 6.42 Å². The molecular weight excluding hydrogens is 384 g/mol. The van der Waals surface area contributed by atoms with Gasteiger partial charge in [0.05, 0.1) is 38.3 Å². The average Bonchev–Trinajstić information content (AvgIpc) is 3.37. The van der Waals surface area contributed by atoms with Crippen LogP contribution in [0.15, 0.2) is 42.0 Å². The summed E-state index contributed by atoms with van der Waals surface area (Å²) in [5.41, 5.74) is 4.65. The number of allylic oxidation sites excluding steroid dienone is 1. The summed E-state index contributed by atoms with van der Waals surface area (Å²) in [4.78, 5) is 24.1. The van der Waals surface area contributed by atoms with Gasteiger partial charge in [-0.1, -0.05) is 0 Å². The highest BCUT2D eigenvalue weighted by Crippen LogP contribution is 2.33. The van der Waals surface area contributed by atoms with E-state index < -0.39 is 0 Å². The molecule has 0 amide bonds. The van der Waals surface area contributed by atoms with Crippen molar-refractivity contribution in [1.29, 1.82) is 0 Å². The first-order valence-electron chi connectivity index (χ1n) is 9.26. The second kappa shape index (κ2) is 7.87. The van der Waals surface area contributed by atoms with Crippen molar-refractivity contribution in [2.24, 2.45) is 0 Å². The molecule has 3 aromatic rings. The van der Waals surface area contributed by atoms with Gasteiger partial charge in [-0.3, -0.25) is 14.7 Å². The Kier molecular flexibility index (Phi) is 5.10. The summed E-state index contributed by atoms with van der Waals surface area (Å²) < 4.78 is 15.8. The van der Waals surface area contributed by atoms with Crippen LogP contribution in [0, 0.1) is 0 Å². The Morgan fingerprint density at radius 1 is 0.967 bits per heavy atom. The molecular formula is C23H20N2O5. The number of fused-ring (bicyclic) bond motifs is 1. The zero-order valence-electron chi connectivity index (χ0n) is 16.8. The summed E-state index contributed by atoms with van der Waals surface area (Å²) in [7, 11) is 4.66. The minimum absolute atomic E-state index is 0.0834. The molecule has 1 heterocycles. The van der Waals surface area contributed by atoms with Crippen LogP contribution in [0.1, 0.15) is 32.0 Å². The first-order valence-corrected chi connectivity index (χ1v) is 9.26. The van der Waals surface area contributed by atoms with E-state index in [2.05, 4.69) is 10.2 Å². The number of carbonyl (C=O) groups excluding carboxylic acids is 2. The smallest absolute Gasteiger partial charge is 0.189 e. The van der Waals surface area contributed by atoms with Crippen molar-refractivity contribution in [2.75, 3.05) is 21.3 Å². The van der Waals surface area contributed by atoms with Crippen LogP contribution < -0.4 is 14.2 Å². The topological polar surface area (TPSA) is 90.5 Å². The number of rotatable bonds is 6. The Bertz CT molecular complexity index is 1150. The third-order valence-corrected chi connectivity index (χ3v) is 5.07. The Morgan fingerprint density at radius 2 is 1.70 bits per heavy atom. The molecule has 1 aromatic heterocycles. The number of H-pyrrole nitrogens is 1. The first-order chi connectivity index (χ1) is 14.6. The molecule has 1 N–H and O–H groups in total. The molecule has 152 valence electrons. The SMILES string of the molecule is COc1cc(OC)cc(-c2cc(/C=C3\Cc4cc(C=O)c(OC)cc4C3=O)[nH]n2)c1. The molecule has 2 aromatic carbocycles. The molecule has 0 aliphatic heterocycles. The van der Waals surface area contributed by atoms with Crippen LogP contribution in [0.4, 0.5) is 0 Å². The van der Waals surface area contributed by atoms with Gasteiger partial charge in [-0.25, -0.2) is 0 Å². The zero-order chi connectivity index (χ0) is 21.3. The number of nitrogens with one attached hydrogen (secondary N) is 1. The average molecular weight is 404 g/mol. The third-order valence-electron chi connectivity index (χ3n) is 5.07. The van der Waals surface area contributed by atoms with E-state index in [1.54, 1.807) is 38.5 Å². The number of hydrogen-bond donors (Lipinski definition) is 1. The molecule has 0 saturated carbocycles. The number of carbonyl (C=O) groups is 2. The molecule has 1 aliphatic carbocycles. The molecule has 0 radical (unpaired) electrons. The summed E-state index contributed by atoms with van der Waals surface area (Å²) in [5.74, 6) is 1.64. The second-order valence-electron chi connectivity index (χ2n) is 6.85. The molecule has 0 saturated heterocycles. The van der Waals surface area contributed by atoms with Crippen LogP contribution in [0.5, 0.6) is 17.2 Å².